The van der Waals surface area contributed by atoms with E-state index in [0.717, 1.165) is 36.1 Å². The highest BCUT2D eigenvalue weighted by Gasteiger charge is 2.08. The molecule has 1 aromatic carbocycles. The van der Waals surface area contributed by atoms with Crippen molar-refractivity contribution in [3.63, 3.8) is 0 Å². The normalized spacial score (nSPS) is 10.5. The van der Waals surface area contributed by atoms with Crippen LogP contribution in [0.5, 0.6) is 0 Å². The van der Waals surface area contributed by atoms with Crippen LogP contribution in [0.1, 0.15) is 11.4 Å². The molecule has 25 heavy (non-hydrogen) atoms. The minimum atomic E-state index is 0.686. The zero-order chi connectivity index (χ0) is 17.6. The van der Waals surface area contributed by atoms with Gasteiger partial charge >= 0.3 is 0 Å². The fraction of sp³-hybridized carbons (Fsp3) is 0.211. The summed E-state index contributed by atoms with van der Waals surface area (Å²) in [5, 5.41) is 3.97. The average molecular weight is 354 g/mol. The second-order valence-electron chi connectivity index (χ2n) is 5.82. The molecule has 0 aliphatic carbocycles. The van der Waals surface area contributed by atoms with E-state index in [1.54, 1.807) is 0 Å². The van der Waals surface area contributed by atoms with Gasteiger partial charge < -0.3 is 10.2 Å². The molecule has 0 bridgehead atoms. The average Bonchev–Trinajstić information content (AvgIpc) is 2.60. The number of hydrogen-bond acceptors (Lipinski definition) is 5. The van der Waals surface area contributed by atoms with Crippen LogP contribution < -0.4 is 10.2 Å². The standard InChI is InChI=1S/C19H20ClN5/c1-14-22-18(24-17-5-3-4-16(20)12-17)13-19(23-14)25(2)11-8-15-6-9-21-10-7-15/h3-7,9-10,12-13H,8,11H2,1-2H3,(H,22,23,24). The van der Waals surface area contributed by atoms with Gasteiger partial charge in [-0.3, -0.25) is 4.98 Å². The molecule has 0 aliphatic rings. The van der Waals surface area contributed by atoms with Crippen molar-refractivity contribution in [3.05, 3.63) is 71.3 Å². The molecule has 128 valence electrons. The topological polar surface area (TPSA) is 53.9 Å². The van der Waals surface area contributed by atoms with Crippen LogP contribution in [0, 0.1) is 6.92 Å². The molecule has 0 amide bonds. The number of aryl methyl sites for hydroxylation is 1. The summed E-state index contributed by atoms with van der Waals surface area (Å²) >= 11 is 6.04. The molecule has 3 aromatic rings. The predicted molar refractivity (Wildman–Crippen MR) is 103 cm³/mol. The Kier molecular flexibility index (Phi) is 5.46. The van der Waals surface area contributed by atoms with Crippen LogP contribution >= 0.6 is 11.6 Å². The largest absolute Gasteiger partial charge is 0.359 e. The zero-order valence-electron chi connectivity index (χ0n) is 14.3. The predicted octanol–water partition coefficient (Wildman–Crippen LogP) is 4.26. The fourth-order valence-corrected chi connectivity index (χ4v) is 2.68. The van der Waals surface area contributed by atoms with Crippen LogP contribution in [0.3, 0.4) is 0 Å². The lowest BCUT2D eigenvalue weighted by Crippen LogP contribution is -2.22. The third kappa shape index (κ3) is 4.90. The molecule has 0 spiro atoms. The lowest BCUT2D eigenvalue weighted by Gasteiger charge is -2.19. The van der Waals surface area contributed by atoms with Crippen LogP contribution in [0.15, 0.2) is 54.9 Å². The first kappa shape index (κ1) is 17.2. The highest BCUT2D eigenvalue weighted by molar-refractivity contribution is 6.30. The van der Waals surface area contributed by atoms with Crippen LogP contribution in [0.4, 0.5) is 17.3 Å². The monoisotopic (exact) mass is 353 g/mol. The van der Waals surface area contributed by atoms with Crippen molar-refractivity contribution >= 4 is 28.9 Å². The summed E-state index contributed by atoms with van der Waals surface area (Å²) in [6.45, 7) is 2.75. The first-order chi connectivity index (χ1) is 12.1. The Balaban J connectivity index is 1.72. The third-order valence-electron chi connectivity index (χ3n) is 3.80. The van der Waals surface area contributed by atoms with E-state index in [2.05, 4.69) is 25.2 Å². The number of rotatable bonds is 6. The second-order valence-corrected chi connectivity index (χ2v) is 6.26. The highest BCUT2D eigenvalue weighted by Crippen LogP contribution is 2.21. The van der Waals surface area contributed by atoms with E-state index in [-0.39, 0.29) is 0 Å². The first-order valence-electron chi connectivity index (χ1n) is 8.08. The molecule has 2 aromatic heterocycles. The van der Waals surface area contributed by atoms with Crippen molar-refractivity contribution in [1.82, 2.24) is 15.0 Å². The minimum absolute atomic E-state index is 0.686. The van der Waals surface area contributed by atoms with Gasteiger partial charge in [0.15, 0.2) is 0 Å². The molecule has 0 radical (unpaired) electrons. The van der Waals surface area contributed by atoms with E-state index in [4.69, 9.17) is 11.6 Å². The van der Waals surface area contributed by atoms with Crippen molar-refractivity contribution in [2.75, 3.05) is 23.8 Å². The molecule has 3 rings (SSSR count). The number of nitrogens with zero attached hydrogens (tertiary/aromatic N) is 4. The van der Waals surface area contributed by atoms with Gasteiger partial charge in [-0.1, -0.05) is 17.7 Å². The summed E-state index contributed by atoms with van der Waals surface area (Å²) in [5.74, 6) is 2.35. The Morgan fingerprint density at radius 3 is 2.64 bits per heavy atom. The second kappa shape index (κ2) is 7.94. The summed E-state index contributed by atoms with van der Waals surface area (Å²) < 4.78 is 0. The maximum absolute atomic E-state index is 6.04. The van der Waals surface area contributed by atoms with Gasteiger partial charge in [0.2, 0.25) is 0 Å². The molecular weight excluding hydrogens is 334 g/mol. The summed E-state index contributed by atoms with van der Waals surface area (Å²) in [4.78, 5) is 15.2. The van der Waals surface area contributed by atoms with E-state index < -0.39 is 0 Å². The number of halogens is 1. The zero-order valence-corrected chi connectivity index (χ0v) is 15.0. The Bertz CT molecular complexity index is 838. The van der Waals surface area contributed by atoms with Gasteiger partial charge in [0.25, 0.3) is 0 Å². The Labute approximate surface area is 152 Å². The summed E-state index contributed by atoms with van der Waals surface area (Å²) in [6, 6.07) is 13.6. The van der Waals surface area contributed by atoms with Crippen molar-refractivity contribution in [2.24, 2.45) is 0 Å². The summed E-state index contributed by atoms with van der Waals surface area (Å²) in [5.41, 5.74) is 2.15. The van der Waals surface area contributed by atoms with Crippen LogP contribution in [0.25, 0.3) is 0 Å². The summed E-state index contributed by atoms with van der Waals surface area (Å²) in [7, 11) is 2.03. The number of aromatic nitrogens is 3. The number of anilines is 3. The third-order valence-corrected chi connectivity index (χ3v) is 4.03. The van der Waals surface area contributed by atoms with Gasteiger partial charge in [-0.15, -0.1) is 0 Å². The Hall–Kier alpha value is -2.66. The molecular formula is C19H20ClN5. The minimum Gasteiger partial charge on any atom is -0.359 e. The van der Waals surface area contributed by atoms with Gasteiger partial charge in [-0.2, -0.15) is 0 Å². The number of pyridine rings is 1. The van der Waals surface area contributed by atoms with E-state index in [0.29, 0.717) is 5.02 Å². The molecule has 0 saturated carbocycles. The van der Waals surface area contributed by atoms with E-state index >= 15 is 0 Å². The molecule has 0 aliphatic heterocycles. The van der Waals surface area contributed by atoms with Gasteiger partial charge in [0.1, 0.15) is 17.5 Å². The maximum Gasteiger partial charge on any atom is 0.136 e. The maximum atomic E-state index is 6.04. The lowest BCUT2D eigenvalue weighted by molar-refractivity contribution is 0.848. The Morgan fingerprint density at radius 1 is 1.08 bits per heavy atom. The Morgan fingerprint density at radius 2 is 1.88 bits per heavy atom. The molecule has 0 fully saturated rings. The first-order valence-corrected chi connectivity index (χ1v) is 8.46. The number of benzene rings is 1. The molecule has 2 heterocycles. The summed E-state index contributed by atoms with van der Waals surface area (Å²) in [6.07, 6.45) is 4.56. The van der Waals surface area contributed by atoms with Crippen LogP contribution in [0.2, 0.25) is 5.02 Å². The van der Waals surface area contributed by atoms with Crippen molar-refractivity contribution in [1.29, 1.82) is 0 Å². The van der Waals surface area contributed by atoms with E-state index in [9.17, 15) is 0 Å². The smallest absolute Gasteiger partial charge is 0.136 e. The van der Waals surface area contributed by atoms with E-state index in [1.165, 1.54) is 5.56 Å². The van der Waals surface area contributed by atoms with Gasteiger partial charge in [0.05, 0.1) is 0 Å². The van der Waals surface area contributed by atoms with Crippen molar-refractivity contribution in [2.45, 2.75) is 13.3 Å². The number of hydrogen-bond donors (Lipinski definition) is 1. The molecule has 0 saturated heterocycles. The highest BCUT2D eigenvalue weighted by atomic mass is 35.5. The van der Waals surface area contributed by atoms with Gasteiger partial charge in [-0.05, 0) is 49.2 Å². The SMILES string of the molecule is Cc1nc(Nc2cccc(Cl)c2)cc(N(C)CCc2ccncc2)n1. The van der Waals surface area contributed by atoms with E-state index in [1.807, 2.05) is 68.8 Å². The molecule has 0 atom stereocenters. The van der Waals surface area contributed by atoms with Crippen LogP contribution in [-0.2, 0) is 6.42 Å². The molecule has 1 N–H and O–H groups in total. The van der Waals surface area contributed by atoms with Gasteiger partial charge in [-0.25, -0.2) is 9.97 Å². The van der Waals surface area contributed by atoms with Gasteiger partial charge in [0, 0.05) is 42.8 Å². The molecule has 5 nitrogen and oxygen atoms in total. The quantitative estimate of drug-likeness (QED) is 0.717. The van der Waals surface area contributed by atoms with Crippen molar-refractivity contribution < 1.29 is 0 Å². The van der Waals surface area contributed by atoms with Crippen LogP contribution in [-0.4, -0.2) is 28.5 Å². The number of nitrogens with one attached hydrogen (secondary N) is 1. The molecule has 0 unspecified atom stereocenters. The number of likely N-dealkylation sites (N-methyl/N-ethyl adjacent to an activating group) is 1. The fourth-order valence-electron chi connectivity index (χ4n) is 2.49. The lowest BCUT2D eigenvalue weighted by atomic mass is 10.2. The molecule has 6 heteroatoms. The van der Waals surface area contributed by atoms with Crippen molar-refractivity contribution in [3.8, 4) is 0 Å².